The maximum atomic E-state index is 10.8. The molecule has 100 valence electrons. The molecular formula is C13H26N2O2. The maximum Gasteiger partial charge on any atom is 0.303 e. The zero-order valence-corrected chi connectivity index (χ0v) is 11.3. The Balaban J connectivity index is 2.52. The van der Waals surface area contributed by atoms with Crippen molar-refractivity contribution in [2.24, 2.45) is 5.92 Å². The molecule has 4 nitrogen and oxygen atoms in total. The van der Waals surface area contributed by atoms with Gasteiger partial charge in [0.25, 0.3) is 0 Å². The third-order valence-corrected chi connectivity index (χ3v) is 3.44. The molecule has 0 aromatic heterocycles. The summed E-state index contributed by atoms with van der Waals surface area (Å²) >= 11 is 0. The molecule has 0 aromatic carbocycles. The van der Waals surface area contributed by atoms with Gasteiger partial charge < -0.3 is 10.4 Å². The van der Waals surface area contributed by atoms with Gasteiger partial charge in [-0.3, -0.25) is 9.69 Å². The average molecular weight is 242 g/mol. The second kappa shape index (κ2) is 6.97. The molecule has 0 aliphatic carbocycles. The number of carboxylic acids is 1. The summed E-state index contributed by atoms with van der Waals surface area (Å²) in [6.07, 6.45) is 2.42. The highest BCUT2D eigenvalue weighted by atomic mass is 16.4. The predicted octanol–water partition coefficient (Wildman–Crippen LogP) is 1.56. The topological polar surface area (TPSA) is 52.6 Å². The first-order chi connectivity index (χ1) is 8.02. The summed E-state index contributed by atoms with van der Waals surface area (Å²) in [6.45, 7) is 9.52. The number of likely N-dealkylation sites (tertiary alicyclic amines) is 1. The van der Waals surface area contributed by atoms with Crippen molar-refractivity contribution >= 4 is 5.97 Å². The number of carboxylic acid groups (broad SMARTS) is 1. The molecule has 1 saturated heterocycles. The first-order valence-electron chi connectivity index (χ1n) is 6.72. The average Bonchev–Trinajstić information content (AvgIpc) is 2.25. The highest BCUT2D eigenvalue weighted by molar-refractivity contribution is 5.67. The van der Waals surface area contributed by atoms with Gasteiger partial charge in [0, 0.05) is 31.6 Å². The molecule has 0 radical (unpaired) electrons. The summed E-state index contributed by atoms with van der Waals surface area (Å²) in [6, 6.07) is 0.952. The third-order valence-electron chi connectivity index (χ3n) is 3.44. The zero-order valence-electron chi connectivity index (χ0n) is 11.3. The van der Waals surface area contributed by atoms with Crippen molar-refractivity contribution in [2.45, 2.75) is 52.1 Å². The molecule has 17 heavy (non-hydrogen) atoms. The van der Waals surface area contributed by atoms with Crippen molar-refractivity contribution in [3.05, 3.63) is 0 Å². The lowest BCUT2D eigenvalue weighted by Gasteiger charge is -2.40. The summed E-state index contributed by atoms with van der Waals surface area (Å²) in [7, 11) is 0. The Hall–Kier alpha value is -0.610. The van der Waals surface area contributed by atoms with E-state index in [2.05, 4.69) is 31.0 Å². The summed E-state index contributed by atoms with van der Waals surface area (Å²) in [5.74, 6) is -0.382. The number of carbonyl (C=O) groups is 1. The first-order valence-corrected chi connectivity index (χ1v) is 6.72. The predicted molar refractivity (Wildman–Crippen MR) is 69.2 cm³/mol. The highest BCUT2D eigenvalue weighted by Crippen LogP contribution is 2.21. The molecule has 1 heterocycles. The number of rotatable bonds is 6. The Morgan fingerprint density at radius 3 is 2.71 bits per heavy atom. The lowest BCUT2D eigenvalue weighted by molar-refractivity contribution is -0.138. The highest BCUT2D eigenvalue weighted by Gasteiger charge is 2.29. The van der Waals surface area contributed by atoms with Gasteiger partial charge in [0.05, 0.1) is 0 Å². The number of nitrogens with one attached hydrogen (secondary N) is 1. The van der Waals surface area contributed by atoms with Crippen LogP contribution < -0.4 is 5.32 Å². The van der Waals surface area contributed by atoms with E-state index >= 15 is 0 Å². The molecule has 1 aliphatic rings. The molecule has 0 saturated carbocycles. The molecule has 2 N–H and O–H groups in total. The molecule has 0 aromatic rings. The van der Waals surface area contributed by atoms with E-state index in [9.17, 15) is 4.79 Å². The van der Waals surface area contributed by atoms with Crippen LogP contribution in [0.25, 0.3) is 0 Å². The smallest absolute Gasteiger partial charge is 0.303 e. The Bertz CT molecular complexity index is 244. The van der Waals surface area contributed by atoms with Crippen LogP contribution in [0.3, 0.4) is 0 Å². The standard InChI is InChI=1S/C13H26N2O2/c1-4-5-14-12-6-11(7-13(16)17)8-15(9-12)10(2)3/h10-12,14H,4-9H2,1-3H3,(H,16,17). The van der Waals surface area contributed by atoms with Crippen molar-refractivity contribution in [3.63, 3.8) is 0 Å². The van der Waals surface area contributed by atoms with Crippen LogP contribution in [0.4, 0.5) is 0 Å². The molecular weight excluding hydrogens is 216 g/mol. The van der Waals surface area contributed by atoms with Crippen LogP contribution in [-0.2, 0) is 4.79 Å². The normalized spacial score (nSPS) is 26.4. The van der Waals surface area contributed by atoms with Crippen LogP contribution in [0.1, 0.15) is 40.0 Å². The number of aliphatic carboxylic acids is 1. The van der Waals surface area contributed by atoms with Gasteiger partial charge in [-0.1, -0.05) is 6.92 Å². The fourth-order valence-electron chi connectivity index (χ4n) is 2.55. The van der Waals surface area contributed by atoms with Gasteiger partial charge >= 0.3 is 5.97 Å². The van der Waals surface area contributed by atoms with Gasteiger partial charge in [-0.2, -0.15) is 0 Å². The number of hydrogen-bond donors (Lipinski definition) is 2. The quantitative estimate of drug-likeness (QED) is 0.742. The monoisotopic (exact) mass is 242 g/mol. The van der Waals surface area contributed by atoms with Gasteiger partial charge in [0.15, 0.2) is 0 Å². The van der Waals surface area contributed by atoms with Crippen LogP contribution in [0.15, 0.2) is 0 Å². The van der Waals surface area contributed by atoms with Crippen molar-refractivity contribution in [2.75, 3.05) is 19.6 Å². The van der Waals surface area contributed by atoms with Gasteiger partial charge in [-0.05, 0) is 39.2 Å². The van der Waals surface area contributed by atoms with Crippen LogP contribution in [0.5, 0.6) is 0 Å². The molecule has 1 aliphatic heterocycles. The van der Waals surface area contributed by atoms with Crippen LogP contribution >= 0.6 is 0 Å². The molecule has 1 rings (SSSR count). The Morgan fingerprint density at radius 1 is 1.47 bits per heavy atom. The number of piperidine rings is 1. The summed E-state index contributed by atoms with van der Waals surface area (Å²) in [5.41, 5.74) is 0. The molecule has 4 heteroatoms. The van der Waals surface area contributed by atoms with Gasteiger partial charge in [-0.25, -0.2) is 0 Å². The summed E-state index contributed by atoms with van der Waals surface area (Å²) in [4.78, 5) is 13.2. The van der Waals surface area contributed by atoms with E-state index in [1.165, 1.54) is 0 Å². The Morgan fingerprint density at radius 2 is 2.18 bits per heavy atom. The van der Waals surface area contributed by atoms with Crippen molar-refractivity contribution in [1.29, 1.82) is 0 Å². The van der Waals surface area contributed by atoms with Crippen molar-refractivity contribution in [1.82, 2.24) is 10.2 Å². The van der Waals surface area contributed by atoms with Crippen LogP contribution in [0, 0.1) is 5.92 Å². The summed E-state index contributed by atoms with van der Waals surface area (Å²) < 4.78 is 0. The first kappa shape index (κ1) is 14.5. The van der Waals surface area contributed by atoms with Crippen LogP contribution in [-0.4, -0.2) is 47.7 Å². The molecule has 0 spiro atoms. The Labute approximate surface area is 104 Å². The van der Waals surface area contributed by atoms with E-state index in [0.29, 0.717) is 18.5 Å². The minimum absolute atomic E-state index is 0.290. The number of nitrogens with zero attached hydrogens (tertiary/aromatic N) is 1. The lowest BCUT2D eigenvalue weighted by Crippen LogP contribution is -2.51. The number of hydrogen-bond acceptors (Lipinski definition) is 3. The minimum Gasteiger partial charge on any atom is -0.481 e. The molecule has 0 bridgehead atoms. The van der Waals surface area contributed by atoms with Crippen molar-refractivity contribution < 1.29 is 9.90 Å². The van der Waals surface area contributed by atoms with E-state index in [4.69, 9.17) is 5.11 Å². The molecule has 1 fully saturated rings. The molecule has 2 unspecified atom stereocenters. The third kappa shape index (κ3) is 5.04. The van der Waals surface area contributed by atoms with Crippen molar-refractivity contribution in [3.8, 4) is 0 Å². The molecule has 0 amide bonds. The van der Waals surface area contributed by atoms with E-state index in [1.807, 2.05) is 0 Å². The van der Waals surface area contributed by atoms with Crippen LogP contribution in [0.2, 0.25) is 0 Å². The largest absolute Gasteiger partial charge is 0.481 e. The second-order valence-corrected chi connectivity index (χ2v) is 5.40. The van der Waals surface area contributed by atoms with Gasteiger partial charge in [-0.15, -0.1) is 0 Å². The fraction of sp³-hybridized carbons (Fsp3) is 0.923. The molecule has 2 atom stereocenters. The van der Waals surface area contributed by atoms with E-state index < -0.39 is 5.97 Å². The second-order valence-electron chi connectivity index (χ2n) is 5.40. The van der Waals surface area contributed by atoms with Gasteiger partial charge in [0.1, 0.15) is 0 Å². The van der Waals surface area contributed by atoms with E-state index in [0.717, 1.165) is 32.5 Å². The minimum atomic E-state index is -0.671. The van der Waals surface area contributed by atoms with E-state index in [1.54, 1.807) is 0 Å². The van der Waals surface area contributed by atoms with E-state index in [-0.39, 0.29) is 5.92 Å². The lowest BCUT2D eigenvalue weighted by atomic mass is 9.90. The zero-order chi connectivity index (χ0) is 12.8. The van der Waals surface area contributed by atoms with Gasteiger partial charge in [0.2, 0.25) is 0 Å². The maximum absolute atomic E-state index is 10.8. The summed E-state index contributed by atoms with van der Waals surface area (Å²) in [5, 5.41) is 12.4. The Kier molecular flexibility index (Phi) is 5.92. The SMILES string of the molecule is CCCNC1CC(CC(=O)O)CN(C(C)C)C1. The fourth-order valence-corrected chi connectivity index (χ4v) is 2.55.